The zero-order valence-electron chi connectivity index (χ0n) is 17.8. The van der Waals surface area contributed by atoms with Gasteiger partial charge in [-0.2, -0.15) is 24.4 Å². The molecule has 2 heterocycles. The highest BCUT2D eigenvalue weighted by Crippen LogP contribution is 2.20. The monoisotopic (exact) mass is 486 g/mol. The number of nitrogens with zero attached hydrogens (tertiary/aromatic N) is 2. The number of likely N-dealkylation sites (tertiary alicyclic amines) is 1. The molecule has 0 radical (unpaired) electrons. The molecule has 2 rings (SSSR count). The number of H-pyrrole nitrogens is 1. The number of carboxylic acids is 1. The summed E-state index contributed by atoms with van der Waals surface area (Å²) in [5.74, 6) is -2.00. The van der Waals surface area contributed by atoms with Crippen LogP contribution in [0.3, 0.4) is 0 Å². The molecule has 4 atom stereocenters. The summed E-state index contributed by atoms with van der Waals surface area (Å²) in [7, 11) is 0. The smallest absolute Gasteiger partial charge is 0.327 e. The van der Waals surface area contributed by atoms with E-state index in [1.807, 2.05) is 6.26 Å². The summed E-state index contributed by atoms with van der Waals surface area (Å²) in [4.78, 5) is 58.1. The maximum Gasteiger partial charge on any atom is 0.327 e. The molecule has 4 unspecified atom stereocenters. The summed E-state index contributed by atoms with van der Waals surface area (Å²) >= 11 is 5.52. The van der Waals surface area contributed by atoms with Crippen LogP contribution >= 0.6 is 24.4 Å². The normalized spacial score (nSPS) is 18.6. The van der Waals surface area contributed by atoms with E-state index in [0.29, 0.717) is 37.3 Å². The van der Waals surface area contributed by atoms with Gasteiger partial charge in [-0.25, -0.2) is 9.78 Å². The van der Waals surface area contributed by atoms with Gasteiger partial charge in [-0.15, -0.1) is 0 Å². The molecular formula is C19H30N6O5S2. The number of aliphatic carboxylic acids is 1. The maximum absolute atomic E-state index is 13.4. The van der Waals surface area contributed by atoms with Crippen molar-refractivity contribution in [1.29, 1.82) is 0 Å². The molecule has 1 aliphatic rings. The van der Waals surface area contributed by atoms with Crippen LogP contribution in [0.15, 0.2) is 12.5 Å². The average molecular weight is 487 g/mol. The topological polar surface area (TPSA) is 171 Å². The van der Waals surface area contributed by atoms with Crippen LogP contribution in [0.25, 0.3) is 0 Å². The van der Waals surface area contributed by atoms with E-state index in [4.69, 9.17) is 5.73 Å². The van der Waals surface area contributed by atoms with Crippen LogP contribution in [0.5, 0.6) is 0 Å². The van der Waals surface area contributed by atoms with Crippen molar-refractivity contribution in [2.24, 2.45) is 5.73 Å². The van der Waals surface area contributed by atoms with Gasteiger partial charge in [0.05, 0.1) is 12.4 Å². The van der Waals surface area contributed by atoms with Crippen molar-refractivity contribution < 1.29 is 24.3 Å². The number of nitrogens with two attached hydrogens (primary N) is 1. The van der Waals surface area contributed by atoms with E-state index in [1.54, 1.807) is 18.0 Å². The Morgan fingerprint density at radius 3 is 2.72 bits per heavy atom. The number of imidazole rings is 1. The van der Waals surface area contributed by atoms with Gasteiger partial charge >= 0.3 is 5.97 Å². The van der Waals surface area contributed by atoms with Crippen LogP contribution in [0, 0.1) is 0 Å². The zero-order chi connectivity index (χ0) is 23.7. The van der Waals surface area contributed by atoms with E-state index < -0.39 is 47.9 Å². The fraction of sp³-hybridized carbons (Fsp3) is 0.632. The maximum atomic E-state index is 13.4. The molecule has 0 aromatic carbocycles. The molecule has 1 aromatic rings. The lowest BCUT2D eigenvalue weighted by Crippen LogP contribution is -2.57. The predicted molar refractivity (Wildman–Crippen MR) is 123 cm³/mol. The van der Waals surface area contributed by atoms with Crippen molar-refractivity contribution in [2.75, 3.05) is 24.3 Å². The van der Waals surface area contributed by atoms with E-state index in [1.165, 1.54) is 11.2 Å². The Balaban J connectivity index is 2.14. The standard InChI is InChI=1S/C19H30N6O5S2/c1-32-6-4-12(20)16(26)23-13(7-11-8-21-10-22-11)18(28)25-5-2-3-15(25)17(27)24-14(9-31)19(29)30/h8,10,12-15,31H,2-7,9,20H2,1H3,(H,21,22)(H,23,26)(H,24,27)(H,29,30). The molecule has 178 valence electrons. The van der Waals surface area contributed by atoms with Gasteiger partial charge in [0.15, 0.2) is 0 Å². The molecule has 1 fully saturated rings. The van der Waals surface area contributed by atoms with Gasteiger partial charge in [0, 0.05) is 30.6 Å². The number of carbonyl (C=O) groups is 4. The highest BCUT2D eigenvalue weighted by atomic mass is 32.2. The molecule has 32 heavy (non-hydrogen) atoms. The summed E-state index contributed by atoms with van der Waals surface area (Å²) in [6.45, 7) is 0.323. The van der Waals surface area contributed by atoms with Crippen LogP contribution in [0.1, 0.15) is 25.0 Å². The number of carbonyl (C=O) groups excluding carboxylic acids is 3. The molecule has 0 aliphatic carbocycles. The third-order valence-electron chi connectivity index (χ3n) is 5.20. The fourth-order valence-electron chi connectivity index (χ4n) is 3.43. The van der Waals surface area contributed by atoms with Gasteiger partial charge in [-0.05, 0) is 31.3 Å². The lowest BCUT2D eigenvalue weighted by atomic mass is 10.1. The number of rotatable bonds is 12. The van der Waals surface area contributed by atoms with Crippen molar-refractivity contribution in [3.63, 3.8) is 0 Å². The minimum absolute atomic E-state index is 0.0752. The van der Waals surface area contributed by atoms with Gasteiger partial charge in [0.2, 0.25) is 17.7 Å². The van der Waals surface area contributed by atoms with E-state index in [0.717, 1.165) is 0 Å². The van der Waals surface area contributed by atoms with Gasteiger partial charge in [0.25, 0.3) is 0 Å². The van der Waals surface area contributed by atoms with Crippen molar-refractivity contribution in [3.05, 3.63) is 18.2 Å². The molecule has 11 nitrogen and oxygen atoms in total. The van der Waals surface area contributed by atoms with E-state index in [9.17, 15) is 24.3 Å². The van der Waals surface area contributed by atoms with E-state index >= 15 is 0 Å². The molecule has 0 saturated carbocycles. The van der Waals surface area contributed by atoms with E-state index in [-0.39, 0.29) is 12.2 Å². The molecule has 1 aromatic heterocycles. The Kier molecular flexibility index (Phi) is 10.3. The number of aromatic nitrogens is 2. The molecule has 0 spiro atoms. The lowest BCUT2D eigenvalue weighted by Gasteiger charge is -2.29. The highest BCUT2D eigenvalue weighted by Gasteiger charge is 2.39. The Morgan fingerprint density at radius 1 is 1.38 bits per heavy atom. The van der Waals surface area contributed by atoms with Crippen molar-refractivity contribution in [2.45, 2.75) is 49.9 Å². The first-order valence-electron chi connectivity index (χ1n) is 10.2. The number of aromatic amines is 1. The average Bonchev–Trinajstić information content (AvgIpc) is 3.46. The molecule has 3 amide bonds. The van der Waals surface area contributed by atoms with Crippen LogP contribution < -0.4 is 16.4 Å². The molecule has 1 aliphatic heterocycles. The fourth-order valence-corrected chi connectivity index (χ4v) is 4.16. The van der Waals surface area contributed by atoms with Crippen LogP contribution in [0.4, 0.5) is 0 Å². The second kappa shape index (κ2) is 12.7. The largest absolute Gasteiger partial charge is 0.480 e. The molecular weight excluding hydrogens is 456 g/mol. The van der Waals surface area contributed by atoms with Gasteiger partial charge < -0.3 is 31.4 Å². The Morgan fingerprint density at radius 2 is 2.12 bits per heavy atom. The first-order chi connectivity index (χ1) is 15.3. The molecule has 6 N–H and O–H groups in total. The summed E-state index contributed by atoms with van der Waals surface area (Å²) in [5, 5.41) is 14.3. The van der Waals surface area contributed by atoms with Crippen molar-refractivity contribution >= 4 is 48.1 Å². The van der Waals surface area contributed by atoms with Gasteiger partial charge in [0.1, 0.15) is 18.1 Å². The second-order valence-corrected chi connectivity index (χ2v) is 8.85. The first-order valence-corrected chi connectivity index (χ1v) is 12.3. The molecule has 1 saturated heterocycles. The lowest BCUT2D eigenvalue weighted by molar-refractivity contribution is -0.144. The third-order valence-corrected chi connectivity index (χ3v) is 6.21. The Hall–Kier alpha value is -2.25. The number of carboxylic acid groups (broad SMARTS) is 1. The Bertz CT molecular complexity index is 793. The summed E-state index contributed by atoms with van der Waals surface area (Å²) in [5.41, 5.74) is 6.60. The highest BCUT2D eigenvalue weighted by molar-refractivity contribution is 7.98. The minimum atomic E-state index is -1.20. The number of thiol groups is 1. The second-order valence-electron chi connectivity index (χ2n) is 7.50. The third kappa shape index (κ3) is 7.14. The summed E-state index contributed by atoms with van der Waals surface area (Å²) in [6.07, 6.45) is 6.54. The van der Waals surface area contributed by atoms with E-state index in [2.05, 4.69) is 33.2 Å². The van der Waals surface area contributed by atoms with Crippen LogP contribution in [0.2, 0.25) is 0 Å². The SMILES string of the molecule is CSCCC(N)C(=O)NC(Cc1cnc[nH]1)C(=O)N1CCCC1C(=O)NC(CS)C(=O)O. The van der Waals surface area contributed by atoms with Gasteiger partial charge in [-0.3, -0.25) is 14.4 Å². The van der Waals surface area contributed by atoms with Gasteiger partial charge in [-0.1, -0.05) is 0 Å². The summed E-state index contributed by atoms with van der Waals surface area (Å²) < 4.78 is 0. The summed E-state index contributed by atoms with van der Waals surface area (Å²) in [6, 6.07) is -3.69. The number of hydrogen-bond acceptors (Lipinski definition) is 8. The molecule has 13 heteroatoms. The van der Waals surface area contributed by atoms with Crippen molar-refractivity contribution in [3.8, 4) is 0 Å². The van der Waals surface area contributed by atoms with Crippen LogP contribution in [-0.2, 0) is 25.6 Å². The quantitative estimate of drug-likeness (QED) is 0.204. The number of amides is 3. The zero-order valence-corrected chi connectivity index (χ0v) is 19.5. The number of hydrogen-bond donors (Lipinski definition) is 6. The Labute approximate surface area is 196 Å². The van der Waals surface area contributed by atoms with Crippen LogP contribution in [-0.4, -0.2) is 92.1 Å². The van der Waals surface area contributed by atoms with Crippen molar-refractivity contribution in [1.82, 2.24) is 25.5 Å². The first kappa shape index (κ1) is 26.0. The minimum Gasteiger partial charge on any atom is -0.480 e. The molecule has 0 bridgehead atoms. The number of thioether (sulfide) groups is 1. The number of nitrogens with one attached hydrogen (secondary N) is 3. The predicted octanol–water partition coefficient (Wildman–Crippen LogP) is -0.992.